The van der Waals surface area contributed by atoms with Gasteiger partial charge in [0.1, 0.15) is 0 Å². The molecule has 138 valence electrons. The monoisotopic (exact) mass is 391 g/mol. The summed E-state index contributed by atoms with van der Waals surface area (Å²) in [6.07, 6.45) is 0.752. The van der Waals surface area contributed by atoms with Gasteiger partial charge in [0.05, 0.1) is 10.9 Å². The van der Waals surface area contributed by atoms with Crippen LogP contribution in [0.3, 0.4) is 0 Å². The Morgan fingerprint density at radius 1 is 1.19 bits per heavy atom. The number of aromatic hydroxyl groups is 1. The fourth-order valence-electron chi connectivity index (χ4n) is 3.37. The maximum absolute atomic E-state index is 10.9. The molecule has 0 saturated carbocycles. The molecule has 0 amide bonds. The number of thiazole rings is 1. The van der Waals surface area contributed by atoms with Crippen LogP contribution in [0.4, 0.5) is 0 Å². The van der Waals surface area contributed by atoms with Crippen LogP contribution in [0.15, 0.2) is 24.3 Å². The number of aryl methyl sites for hydroxylation is 1. The number of nitrogens with zero attached hydrogens (tertiary/aromatic N) is 5. The Labute approximate surface area is 161 Å². The Kier molecular flexibility index (Phi) is 4.88. The average molecular weight is 392 g/mol. The molecule has 8 heteroatoms. The molecule has 6 nitrogen and oxygen atoms in total. The third-order valence-corrected chi connectivity index (χ3v) is 6.22. The minimum Gasteiger partial charge on any atom is -0.492 e. The highest BCUT2D eigenvalue weighted by Crippen LogP contribution is 2.40. The molecule has 1 aliphatic heterocycles. The minimum absolute atomic E-state index is 0.0282. The second kappa shape index (κ2) is 7.15. The van der Waals surface area contributed by atoms with Crippen LogP contribution in [0, 0.1) is 0 Å². The van der Waals surface area contributed by atoms with Crippen LogP contribution in [0.2, 0.25) is 5.02 Å². The first kappa shape index (κ1) is 17.7. The van der Waals surface area contributed by atoms with Gasteiger partial charge in [-0.1, -0.05) is 42.0 Å². The van der Waals surface area contributed by atoms with E-state index in [2.05, 4.69) is 26.9 Å². The van der Waals surface area contributed by atoms with Gasteiger partial charge in [-0.25, -0.2) is 4.98 Å². The number of likely N-dealkylation sites (N-methyl/N-ethyl adjacent to an activating group) is 1. The van der Waals surface area contributed by atoms with Crippen molar-refractivity contribution in [1.29, 1.82) is 0 Å². The molecule has 1 atom stereocenters. The first-order chi connectivity index (χ1) is 12.6. The molecule has 1 N–H and O–H groups in total. The molecular formula is C18H22ClN5OS. The van der Waals surface area contributed by atoms with E-state index in [9.17, 15) is 5.11 Å². The number of rotatable bonds is 4. The Hall–Kier alpha value is -1.67. The standard InChI is InChI=1S/C18H22ClN5OS/c1-3-14-20-18-24(21-14)17(25)16(26-18)15(12-4-6-13(19)7-5-12)23-10-8-22(2)9-11-23/h4-7,15,25H,3,8-11H2,1-2H3/t15-/m1/s1. The molecule has 0 unspecified atom stereocenters. The average Bonchev–Trinajstić information content (AvgIpc) is 3.18. The van der Waals surface area contributed by atoms with Crippen molar-refractivity contribution in [2.45, 2.75) is 19.4 Å². The second-order valence-corrected chi connectivity index (χ2v) is 8.10. The summed E-state index contributed by atoms with van der Waals surface area (Å²) in [5, 5.41) is 16.0. The summed E-state index contributed by atoms with van der Waals surface area (Å²) in [4.78, 5) is 10.9. The largest absolute Gasteiger partial charge is 0.492 e. The smallest absolute Gasteiger partial charge is 0.230 e. The molecule has 26 heavy (non-hydrogen) atoms. The number of hydrogen-bond donors (Lipinski definition) is 1. The zero-order valence-electron chi connectivity index (χ0n) is 14.9. The lowest BCUT2D eigenvalue weighted by Gasteiger charge is -2.37. The van der Waals surface area contributed by atoms with E-state index in [1.54, 1.807) is 4.52 Å². The van der Waals surface area contributed by atoms with Gasteiger partial charge in [-0.15, -0.1) is 5.10 Å². The van der Waals surface area contributed by atoms with Crippen molar-refractivity contribution in [3.05, 3.63) is 45.6 Å². The predicted octanol–water partition coefficient (Wildman–Crippen LogP) is 3.05. The maximum Gasteiger partial charge on any atom is 0.230 e. The van der Waals surface area contributed by atoms with E-state index in [-0.39, 0.29) is 11.9 Å². The lowest BCUT2D eigenvalue weighted by atomic mass is 10.0. The fraction of sp³-hybridized carbons (Fsp3) is 0.444. The highest BCUT2D eigenvalue weighted by atomic mass is 35.5. The molecule has 1 aromatic carbocycles. The van der Waals surface area contributed by atoms with Crippen molar-refractivity contribution in [2.75, 3.05) is 33.2 Å². The van der Waals surface area contributed by atoms with E-state index in [0.717, 1.165) is 53.8 Å². The summed E-state index contributed by atoms with van der Waals surface area (Å²) >= 11 is 7.60. The van der Waals surface area contributed by atoms with Crippen LogP contribution >= 0.6 is 22.9 Å². The third-order valence-electron chi connectivity index (χ3n) is 4.90. The van der Waals surface area contributed by atoms with Crippen molar-refractivity contribution in [1.82, 2.24) is 24.4 Å². The van der Waals surface area contributed by atoms with E-state index >= 15 is 0 Å². The Morgan fingerprint density at radius 3 is 2.50 bits per heavy atom. The van der Waals surface area contributed by atoms with E-state index in [4.69, 9.17) is 11.6 Å². The molecule has 0 aliphatic carbocycles. The molecule has 2 aromatic heterocycles. The van der Waals surface area contributed by atoms with Crippen LogP contribution in [-0.4, -0.2) is 62.7 Å². The number of benzene rings is 1. The SMILES string of the molecule is CCc1nc2sc([C@@H](c3ccc(Cl)cc3)N3CCN(C)CC3)c(O)n2n1. The van der Waals surface area contributed by atoms with E-state index < -0.39 is 0 Å². The van der Waals surface area contributed by atoms with Crippen molar-refractivity contribution < 1.29 is 5.11 Å². The van der Waals surface area contributed by atoms with E-state index in [0.29, 0.717) is 5.02 Å². The van der Waals surface area contributed by atoms with Crippen molar-refractivity contribution >= 4 is 27.9 Å². The third kappa shape index (κ3) is 3.20. The molecule has 3 aromatic rings. The lowest BCUT2D eigenvalue weighted by Crippen LogP contribution is -2.46. The van der Waals surface area contributed by atoms with Crippen LogP contribution in [-0.2, 0) is 6.42 Å². The van der Waals surface area contributed by atoms with Gasteiger partial charge in [0, 0.05) is 37.6 Å². The maximum atomic E-state index is 10.9. The van der Waals surface area contributed by atoms with Crippen LogP contribution in [0.25, 0.3) is 4.96 Å². The lowest BCUT2D eigenvalue weighted by molar-refractivity contribution is 0.127. The molecule has 0 bridgehead atoms. The summed E-state index contributed by atoms with van der Waals surface area (Å²) < 4.78 is 1.57. The first-order valence-electron chi connectivity index (χ1n) is 8.82. The molecule has 0 radical (unpaired) electrons. The normalized spacial score (nSPS) is 17.8. The van der Waals surface area contributed by atoms with Crippen molar-refractivity contribution in [3.8, 4) is 5.88 Å². The van der Waals surface area contributed by atoms with Crippen molar-refractivity contribution in [3.63, 3.8) is 0 Å². The van der Waals surface area contributed by atoms with E-state index in [1.807, 2.05) is 31.2 Å². The number of aromatic nitrogens is 3. The number of piperazine rings is 1. The summed E-state index contributed by atoms with van der Waals surface area (Å²) in [7, 11) is 2.14. The molecule has 4 rings (SSSR count). The summed E-state index contributed by atoms with van der Waals surface area (Å²) in [6.45, 7) is 5.91. The molecule has 1 fully saturated rings. The van der Waals surface area contributed by atoms with Gasteiger partial charge in [0.15, 0.2) is 5.82 Å². The van der Waals surface area contributed by atoms with Gasteiger partial charge in [0.25, 0.3) is 0 Å². The van der Waals surface area contributed by atoms with Gasteiger partial charge in [-0.3, -0.25) is 4.90 Å². The first-order valence-corrected chi connectivity index (χ1v) is 10.0. The zero-order chi connectivity index (χ0) is 18.3. The van der Waals surface area contributed by atoms with Gasteiger partial charge < -0.3 is 10.0 Å². The van der Waals surface area contributed by atoms with Gasteiger partial charge >= 0.3 is 0 Å². The zero-order valence-corrected chi connectivity index (χ0v) is 16.5. The quantitative estimate of drug-likeness (QED) is 0.740. The fourth-order valence-corrected chi connectivity index (χ4v) is 4.63. The molecule has 0 spiro atoms. The Bertz CT molecular complexity index is 898. The molecular weight excluding hydrogens is 370 g/mol. The summed E-state index contributed by atoms with van der Waals surface area (Å²) in [5.74, 6) is 0.941. The minimum atomic E-state index is -0.0282. The highest BCUT2D eigenvalue weighted by Gasteiger charge is 2.31. The molecule has 3 heterocycles. The van der Waals surface area contributed by atoms with Crippen LogP contribution in [0.5, 0.6) is 5.88 Å². The second-order valence-electron chi connectivity index (χ2n) is 6.66. The highest BCUT2D eigenvalue weighted by molar-refractivity contribution is 7.17. The Balaban J connectivity index is 1.78. The Morgan fingerprint density at radius 2 is 1.88 bits per heavy atom. The van der Waals surface area contributed by atoms with Crippen molar-refractivity contribution in [2.24, 2.45) is 0 Å². The molecule has 1 saturated heterocycles. The summed E-state index contributed by atoms with van der Waals surface area (Å²) in [5.41, 5.74) is 1.12. The number of fused-ring (bicyclic) bond motifs is 1. The van der Waals surface area contributed by atoms with Crippen LogP contribution < -0.4 is 0 Å². The number of halogens is 1. The topological polar surface area (TPSA) is 56.9 Å². The van der Waals surface area contributed by atoms with Gasteiger partial charge in [0.2, 0.25) is 10.8 Å². The predicted molar refractivity (Wildman–Crippen MR) is 104 cm³/mol. The van der Waals surface area contributed by atoms with Crippen LogP contribution in [0.1, 0.15) is 29.2 Å². The number of hydrogen-bond acceptors (Lipinski definition) is 6. The molecule has 1 aliphatic rings. The van der Waals surface area contributed by atoms with Gasteiger partial charge in [-0.2, -0.15) is 4.52 Å². The van der Waals surface area contributed by atoms with E-state index in [1.165, 1.54) is 11.3 Å². The summed E-state index contributed by atoms with van der Waals surface area (Å²) in [6, 6.07) is 7.86. The van der Waals surface area contributed by atoms with Gasteiger partial charge in [-0.05, 0) is 24.7 Å².